The minimum absolute atomic E-state index is 0.308. The summed E-state index contributed by atoms with van der Waals surface area (Å²) in [5.74, 6) is 0.108. The van der Waals surface area contributed by atoms with Gasteiger partial charge in [-0.1, -0.05) is 54.6 Å². The SMILES string of the molecule is CO/C=C(\C(=O)OC)c1ccccc1OC/C=C/c1ccccc1. The van der Waals surface area contributed by atoms with Crippen LogP contribution in [-0.4, -0.2) is 26.8 Å². The van der Waals surface area contributed by atoms with E-state index < -0.39 is 5.97 Å². The lowest BCUT2D eigenvalue weighted by molar-refractivity contribution is -0.133. The van der Waals surface area contributed by atoms with Crippen LogP contribution in [-0.2, 0) is 14.3 Å². The van der Waals surface area contributed by atoms with Crippen LogP contribution in [0.25, 0.3) is 11.6 Å². The number of carbonyl (C=O) groups is 1. The number of hydrogen-bond donors (Lipinski definition) is 0. The van der Waals surface area contributed by atoms with Crippen LogP contribution in [0.3, 0.4) is 0 Å². The third-order valence-corrected chi connectivity index (χ3v) is 3.26. The van der Waals surface area contributed by atoms with Gasteiger partial charge in [-0.05, 0) is 17.7 Å². The zero-order valence-corrected chi connectivity index (χ0v) is 13.8. The molecule has 2 aromatic carbocycles. The molecular weight excluding hydrogens is 304 g/mol. The Kier molecular flexibility index (Phi) is 6.65. The summed E-state index contributed by atoms with van der Waals surface area (Å²) in [5.41, 5.74) is 2.03. The average Bonchev–Trinajstić information content (AvgIpc) is 2.64. The molecule has 0 N–H and O–H groups in total. The van der Waals surface area contributed by atoms with Gasteiger partial charge in [-0.2, -0.15) is 0 Å². The molecule has 0 heterocycles. The Morgan fingerprint density at radius 2 is 1.71 bits per heavy atom. The summed E-state index contributed by atoms with van der Waals surface area (Å²) in [4.78, 5) is 11.9. The zero-order valence-electron chi connectivity index (χ0n) is 13.8. The van der Waals surface area contributed by atoms with Gasteiger partial charge < -0.3 is 14.2 Å². The third kappa shape index (κ3) is 4.74. The highest BCUT2D eigenvalue weighted by molar-refractivity contribution is 6.16. The van der Waals surface area contributed by atoms with Gasteiger partial charge in [-0.25, -0.2) is 4.79 Å². The summed E-state index contributed by atoms with van der Waals surface area (Å²) >= 11 is 0. The second-order valence-corrected chi connectivity index (χ2v) is 4.88. The molecule has 0 spiro atoms. The van der Waals surface area contributed by atoms with Crippen molar-refractivity contribution in [2.75, 3.05) is 20.8 Å². The summed E-state index contributed by atoms with van der Waals surface area (Å²) in [6.07, 6.45) is 5.26. The van der Waals surface area contributed by atoms with Crippen molar-refractivity contribution in [1.82, 2.24) is 0 Å². The summed E-state index contributed by atoms with van der Waals surface area (Å²) in [6, 6.07) is 17.2. The maximum atomic E-state index is 11.9. The third-order valence-electron chi connectivity index (χ3n) is 3.26. The highest BCUT2D eigenvalue weighted by Crippen LogP contribution is 2.27. The van der Waals surface area contributed by atoms with Gasteiger partial charge in [0, 0.05) is 5.56 Å². The predicted molar refractivity (Wildman–Crippen MR) is 94.4 cm³/mol. The summed E-state index contributed by atoms with van der Waals surface area (Å²) in [6.45, 7) is 0.382. The quantitative estimate of drug-likeness (QED) is 0.440. The fourth-order valence-electron chi connectivity index (χ4n) is 2.15. The molecule has 0 aromatic heterocycles. The molecule has 2 aromatic rings. The molecule has 0 saturated heterocycles. The molecule has 24 heavy (non-hydrogen) atoms. The van der Waals surface area contributed by atoms with Gasteiger partial charge >= 0.3 is 5.97 Å². The number of rotatable bonds is 7. The van der Waals surface area contributed by atoms with Crippen LogP contribution in [0.15, 0.2) is 66.9 Å². The van der Waals surface area contributed by atoms with E-state index in [1.807, 2.05) is 54.6 Å². The van der Waals surface area contributed by atoms with Crippen molar-refractivity contribution >= 4 is 17.6 Å². The number of methoxy groups -OCH3 is 2. The summed E-state index contributed by atoms with van der Waals surface area (Å²) in [5, 5.41) is 0. The molecule has 124 valence electrons. The van der Waals surface area contributed by atoms with Crippen LogP contribution in [0.1, 0.15) is 11.1 Å². The molecule has 4 heteroatoms. The predicted octanol–water partition coefficient (Wildman–Crippen LogP) is 3.94. The van der Waals surface area contributed by atoms with Crippen molar-refractivity contribution < 1.29 is 19.0 Å². The Hall–Kier alpha value is -3.01. The minimum atomic E-state index is -0.479. The van der Waals surface area contributed by atoms with Crippen molar-refractivity contribution in [2.24, 2.45) is 0 Å². The number of carbonyl (C=O) groups excluding carboxylic acids is 1. The molecule has 0 aliphatic carbocycles. The first-order valence-corrected chi connectivity index (χ1v) is 7.51. The van der Waals surface area contributed by atoms with Gasteiger partial charge in [0.15, 0.2) is 0 Å². The minimum Gasteiger partial charge on any atom is -0.503 e. The molecular formula is C20H20O4. The van der Waals surface area contributed by atoms with E-state index in [1.54, 1.807) is 12.1 Å². The van der Waals surface area contributed by atoms with Gasteiger partial charge in [0.2, 0.25) is 0 Å². The molecule has 0 radical (unpaired) electrons. The first-order valence-electron chi connectivity index (χ1n) is 7.51. The van der Waals surface area contributed by atoms with E-state index in [-0.39, 0.29) is 0 Å². The molecule has 0 aliphatic heterocycles. The van der Waals surface area contributed by atoms with E-state index >= 15 is 0 Å². The van der Waals surface area contributed by atoms with Crippen LogP contribution in [0.2, 0.25) is 0 Å². The first-order chi connectivity index (χ1) is 11.8. The fourth-order valence-corrected chi connectivity index (χ4v) is 2.15. The van der Waals surface area contributed by atoms with Crippen molar-refractivity contribution in [1.29, 1.82) is 0 Å². The molecule has 4 nitrogen and oxygen atoms in total. The van der Waals surface area contributed by atoms with E-state index in [2.05, 4.69) is 0 Å². The lowest BCUT2D eigenvalue weighted by Crippen LogP contribution is -2.06. The smallest absolute Gasteiger partial charge is 0.341 e. The lowest BCUT2D eigenvalue weighted by atomic mass is 10.1. The van der Waals surface area contributed by atoms with Gasteiger partial charge in [-0.3, -0.25) is 0 Å². The van der Waals surface area contributed by atoms with Crippen LogP contribution < -0.4 is 4.74 Å². The Morgan fingerprint density at radius 3 is 2.42 bits per heavy atom. The molecule has 0 amide bonds. The Labute approximate surface area is 142 Å². The molecule has 2 rings (SSSR count). The van der Waals surface area contributed by atoms with Gasteiger partial charge in [-0.15, -0.1) is 0 Å². The van der Waals surface area contributed by atoms with Crippen molar-refractivity contribution in [3.63, 3.8) is 0 Å². The molecule has 0 bridgehead atoms. The van der Waals surface area contributed by atoms with Gasteiger partial charge in [0.1, 0.15) is 17.9 Å². The van der Waals surface area contributed by atoms with E-state index in [0.29, 0.717) is 23.5 Å². The van der Waals surface area contributed by atoms with Crippen LogP contribution in [0, 0.1) is 0 Å². The average molecular weight is 324 g/mol. The monoisotopic (exact) mass is 324 g/mol. The number of esters is 1. The van der Waals surface area contributed by atoms with Crippen molar-refractivity contribution in [2.45, 2.75) is 0 Å². The maximum Gasteiger partial charge on any atom is 0.341 e. The number of para-hydroxylation sites is 1. The van der Waals surface area contributed by atoms with E-state index in [9.17, 15) is 4.79 Å². The Bertz CT molecular complexity index is 717. The fraction of sp³-hybridized carbons (Fsp3) is 0.150. The molecule has 0 saturated carbocycles. The molecule has 0 fully saturated rings. The second-order valence-electron chi connectivity index (χ2n) is 4.88. The Morgan fingerprint density at radius 1 is 1.00 bits per heavy atom. The summed E-state index contributed by atoms with van der Waals surface area (Å²) in [7, 11) is 2.81. The highest BCUT2D eigenvalue weighted by Gasteiger charge is 2.17. The topological polar surface area (TPSA) is 44.8 Å². The lowest BCUT2D eigenvalue weighted by Gasteiger charge is -2.11. The first kappa shape index (κ1) is 17.3. The van der Waals surface area contributed by atoms with E-state index in [0.717, 1.165) is 5.56 Å². The normalized spacial score (nSPS) is 11.3. The second kappa shape index (κ2) is 9.20. The molecule has 0 atom stereocenters. The van der Waals surface area contributed by atoms with Gasteiger partial charge in [0.05, 0.1) is 20.5 Å². The van der Waals surface area contributed by atoms with Crippen molar-refractivity contribution in [3.8, 4) is 5.75 Å². The van der Waals surface area contributed by atoms with E-state index in [1.165, 1.54) is 20.5 Å². The number of benzene rings is 2. The van der Waals surface area contributed by atoms with Crippen LogP contribution >= 0.6 is 0 Å². The molecule has 0 aliphatic rings. The van der Waals surface area contributed by atoms with Crippen LogP contribution in [0.4, 0.5) is 0 Å². The largest absolute Gasteiger partial charge is 0.503 e. The molecule has 0 unspecified atom stereocenters. The number of hydrogen-bond acceptors (Lipinski definition) is 4. The van der Waals surface area contributed by atoms with E-state index in [4.69, 9.17) is 14.2 Å². The van der Waals surface area contributed by atoms with Crippen molar-refractivity contribution in [3.05, 3.63) is 78.1 Å². The summed E-state index contributed by atoms with van der Waals surface area (Å²) < 4.78 is 15.6. The maximum absolute atomic E-state index is 11.9. The zero-order chi connectivity index (χ0) is 17.2. The van der Waals surface area contributed by atoms with Crippen LogP contribution in [0.5, 0.6) is 5.75 Å². The standard InChI is InChI=1S/C20H20O4/c1-22-15-18(20(21)23-2)17-12-6-7-13-19(17)24-14-8-11-16-9-4-3-5-10-16/h3-13,15H,14H2,1-2H3/b11-8+,18-15-. The number of ether oxygens (including phenoxy) is 3. The highest BCUT2D eigenvalue weighted by atomic mass is 16.5. The Balaban J connectivity index is 2.12. The van der Waals surface area contributed by atoms with Gasteiger partial charge in [0.25, 0.3) is 0 Å².